The lowest BCUT2D eigenvalue weighted by molar-refractivity contribution is -0.116. The molecule has 14 heteroatoms. The summed E-state index contributed by atoms with van der Waals surface area (Å²) in [5.41, 5.74) is 5.24. The Morgan fingerprint density at radius 3 is 2.60 bits per heavy atom. The van der Waals surface area contributed by atoms with Crippen molar-refractivity contribution < 1.29 is 23.8 Å². The fourth-order valence-corrected chi connectivity index (χ4v) is 5.26. The number of aryl methyl sites for hydroxylation is 1. The Labute approximate surface area is 244 Å². The highest BCUT2D eigenvalue weighted by Crippen LogP contribution is 2.33. The lowest BCUT2D eigenvalue weighted by Crippen LogP contribution is -2.45. The quantitative estimate of drug-likeness (QED) is 0.306. The first-order valence-corrected chi connectivity index (χ1v) is 13.5. The molecule has 5 rings (SSSR count). The number of hydrogen-bond donors (Lipinski definition) is 3. The fraction of sp³-hybridized carbons (Fsp3) is 0.321. The molecule has 2 atom stereocenters. The lowest BCUT2D eigenvalue weighted by Gasteiger charge is -2.36. The molecule has 1 aliphatic rings. The number of aromatic nitrogens is 4. The minimum Gasteiger partial charge on any atom is -0.504 e. The van der Waals surface area contributed by atoms with Crippen molar-refractivity contribution in [2.24, 2.45) is 12.8 Å². The molecule has 4 heterocycles. The first-order valence-electron chi connectivity index (χ1n) is 13.1. The Morgan fingerprint density at radius 1 is 1.24 bits per heavy atom. The number of nitrogens with zero attached hydrogens (tertiary/aromatic N) is 5. The minimum absolute atomic E-state index is 0.00487. The van der Waals surface area contributed by atoms with E-state index in [0.29, 0.717) is 30.4 Å². The maximum Gasteiger partial charge on any atom is 0.263 e. The number of pyridine rings is 1. The Morgan fingerprint density at radius 2 is 1.93 bits per heavy atom. The van der Waals surface area contributed by atoms with Gasteiger partial charge >= 0.3 is 0 Å². The molecule has 2 amide bonds. The van der Waals surface area contributed by atoms with Gasteiger partial charge in [0.1, 0.15) is 23.8 Å². The maximum atomic E-state index is 14.6. The summed E-state index contributed by atoms with van der Waals surface area (Å²) in [5, 5.41) is 13.1. The number of carbonyl (C=O) groups excluding carboxylic acids is 2. The van der Waals surface area contributed by atoms with E-state index in [0.717, 1.165) is 6.07 Å². The number of anilines is 2. The molecule has 0 radical (unpaired) electrons. The van der Waals surface area contributed by atoms with Gasteiger partial charge in [0.2, 0.25) is 5.91 Å². The zero-order valence-corrected chi connectivity index (χ0v) is 24.1. The summed E-state index contributed by atoms with van der Waals surface area (Å²) in [5.74, 6) is -2.51. The van der Waals surface area contributed by atoms with Gasteiger partial charge in [-0.1, -0.05) is 11.6 Å². The Kier molecular flexibility index (Phi) is 7.64. The Bertz CT molecular complexity index is 1790. The predicted molar refractivity (Wildman–Crippen MR) is 155 cm³/mol. The molecular weight excluding hydrogens is 569 g/mol. The van der Waals surface area contributed by atoms with Crippen LogP contribution in [-0.4, -0.2) is 61.3 Å². The van der Waals surface area contributed by atoms with Gasteiger partial charge in [0.15, 0.2) is 11.6 Å². The molecule has 0 aliphatic carbocycles. The largest absolute Gasteiger partial charge is 0.504 e. The normalized spacial score (nSPS) is 17.0. The van der Waals surface area contributed by atoms with Crippen LogP contribution in [0.5, 0.6) is 5.75 Å². The molecule has 1 aromatic carbocycles. The summed E-state index contributed by atoms with van der Waals surface area (Å²) >= 11 is 6.37. The average molecular weight is 598 g/mol. The van der Waals surface area contributed by atoms with Crippen molar-refractivity contribution in [3.8, 4) is 16.9 Å². The number of hydrogen-bond acceptors (Lipinski definition) is 8. The molecular formula is C28H29ClFN7O5. The van der Waals surface area contributed by atoms with Crippen LogP contribution in [0.2, 0.25) is 5.02 Å². The van der Waals surface area contributed by atoms with E-state index >= 15 is 0 Å². The fourth-order valence-electron chi connectivity index (χ4n) is 5.11. The molecule has 4 aromatic rings. The molecule has 0 bridgehead atoms. The van der Waals surface area contributed by atoms with Crippen LogP contribution in [0.4, 0.5) is 15.9 Å². The number of carbonyl (C=O) groups is 2. The van der Waals surface area contributed by atoms with Crippen LogP contribution in [0.3, 0.4) is 0 Å². The number of amides is 2. The van der Waals surface area contributed by atoms with Crippen molar-refractivity contribution in [1.29, 1.82) is 0 Å². The van der Waals surface area contributed by atoms with Gasteiger partial charge < -0.3 is 30.4 Å². The molecule has 12 nitrogen and oxygen atoms in total. The summed E-state index contributed by atoms with van der Waals surface area (Å²) in [4.78, 5) is 49.4. The van der Waals surface area contributed by atoms with E-state index in [9.17, 15) is 23.9 Å². The number of fused-ring (bicyclic) bond motifs is 1. The van der Waals surface area contributed by atoms with Crippen molar-refractivity contribution >= 4 is 46.0 Å². The second-order valence-corrected chi connectivity index (χ2v) is 10.8. The first-order chi connectivity index (χ1) is 19.8. The lowest BCUT2D eigenvalue weighted by atomic mass is 10.0. The number of morpholine rings is 1. The zero-order valence-electron chi connectivity index (χ0n) is 23.3. The van der Waals surface area contributed by atoms with Crippen molar-refractivity contribution in [3.05, 3.63) is 63.2 Å². The Hall–Kier alpha value is -4.49. The van der Waals surface area contributed by atoms with Gasteiger partial charge in [-0.3, -0.25) is 19.0 Å². The highest BCUT2D eigenvalue weighted by atomic mass is 35.5. The standard InChI is InChI=1S/C28H29ClFN7O5/c1-13-9-36(10-14(2)42-13)22-7-21(19(29)8-32-22)34-23(38)12-37-11-18(24-27(37)33-15(3)35(4)28(24)41)16-5-17(26(31)40)25(39)20(30)6-16/h5-8,11,13-14,39H,9-10,12H2,1-4H3,(H2,31,40)(H,32,34,38)/t13-,14+. The number of nitrogens with two attached hydrogens (primary N) is 1. The topological polar surface area (TPSA) is 158 Å². The summed E-state index contributed by atoms with van der Waals surface area (Å²) in [6.45, 7) is 6.55. The number of ether oxygens (including phenoxy) is 1. The van der Waals surface area contributed by atoms with Gasteiger partial charge in [0.25, 0.3) is 11.5 Å². The van der Waals surface area contributed by atoms with Gasteiger partial charge in [0.05, 0.1) is 40.1 Å². The smallest absolute Gasteiger partial charge is 0.263 e. The molecule has 4 N–H and O–H groups in total. The monoisotopic (exact) mass is 597 g/mol. The van der Waals surface area contributed by atoms with E-state index in [2.05, 4.69) is 20.2 Å². The summed E-state index contributed by atoms with van der Waals surface area (Å²) < 4.78 is 23.1. The van der Waals surface area contributed by atoms with Crippen LogP contribution >= 0.6 is 11.6 Å². The summed E-state index contributed by atoms with van der Waals surface area (Å²) in [6.07, 6.45) is 2.94. The molecule has 0 spiro atoms. The highest BCUT2D eigenvalue weighted by molar-refractivity contribution is 6.33. The van der Waals surface area contributed by atoms with Crippen LogP contribution in [0.15, 0.2) is 35.4 Å². The number of halogens is 2. The van der Waals surface area contributed by atoms with Crippen LogP contribution in [0.25, 0.3) is 22.2 Å². The maximum absolute atomic E-state index is 14.6. The number of rotatable bonds is 6. The number of aromatic hydroxyl groups is 1. The molecule has 1 saturated heterocycles. The van der Waals surface area contributed by atoms with E-state index in [1.54, 1.807) is 13.0 Å². The zero-order chi connectivity index (χ0) is 30.5. The van der Waals surface area contributed by atoms with Crippen LogP contribution < -0.4 is 21.5 Å². The van der Waals surface area contributed by atoms with Gasteiger partial charge in [-0.25, -0.2) is 14.4 Å². The molecule has 3 aromatic heterocycles. The highest BCUT2D eigenvalue weighted by Gasteiger charge is 2.25. The molecule has 0 unspecified atom stereocenters. The van der Waals surface area contributed by atoms with Gasteiger partial charge in [-0.05, 0) is 38.5 Å². The van der Waals surface area contributed by atoms with Gasteiger partial charge in [-0.2, -0.15) is 0 Å². The number of nitrogens with one attached hydrogen (secondary N) is 1. The first kappa shape index (κ1) is 29.0. The average Bonchev–Trinajstić information content (AvgIpc) is 3.26. The van der Waals surface area contributed by atoms with E-state index in [1.165, 1.54) is 34.6 Å². The molecule has 0 saturated carbocycles. The molecule has 42 heavy (non-hydrogen) atoms. The van der Waals surface area contributed by atoms with Crippen LogP contribution in [0, 0.1) is 12.7 Å². The van der Waals surface area contributed by atoms with Gasteiger partial charge in [0, 0.05) is 38.0 Å². The summed E-state index contributed by atoms with van der Waals surface area (Å²) in [6, 6.07) is 3.85. The SMILES string of the molecule is Cc1nc2c(c(-c3cc(F)c(O)c(C(N)=O)c3)cn2CC(=O)Nc2cc(N3C[C@@H](C)O[C@@H](C)C3)ncc2Cl)c(=O)n1C. The van der Waals surface area contributed by atoms with Crippen molar-refractivity contribution in [1.82, 2.24) is 19.1 Å². The minimum atomic E-state index is -1.09. The third kappa shape index (κ3) is 5.40. The second kappa shape index (κ2) is 11.1. The predicted octanol–water partition coefficient (Wildman–Crippen LogP) is 2.95. The van der Waals surface area contributed by atoms with Crippen molar-refractivity contribution in [2.75, 3.05) is 23.3 Å². The third-order valence-electron chi connectivity index (χ3n) is 7.13. The molecule has 1 aliphatic heterocycles. The van der Waals surface area contributed by atoms with E-state index in [-0.39, 0.29) is 45.9 Å². The van der Waals surface area contributed by atoms with Crippen LogP contribution in [0.1, 0.15) is 30.0 Å². The van der Waals surface area contributed by atoms with Crippen LogP contribution in [-0.2, 0) is 23.1 Å². The number of primary amides is 1. The molecule has 220 valence electrons. The second-order valence-electron chi connectivity index (χ2n) is 10.3. The van der Waals surface area contributed by atoms with E-state index in [1.807, 2.05) is 13.8 Å². The third-order valence-corrected chi connectivity index (χ3v) is 7.44. The number of phenols is 1. The Balaban J connectivity index is 1.52. The molecule has 1 fully saturated rings. The van der Waals surface area contributed by atoms with E-state index in [4.69, 9.17) is 22.1 Å². The van der Waals surface area contributed by atoms with E-state index < -0.39 is 34.5 Å². The number of benzene rings is 1. The van der Waals surface area contributed by atoms with Gasteiger partial charge in [-0.15, -0.1) is 0 Å². The van der Waals surface area contributed by atoms with Crippen molar-refractivity contribution in [2.45, 2.75) is 39.5 Å². The van der Waals surface area contributed by atoms with Crippen molar-refractivity contribution in [3.63, 3.8) is 0 Å². The summed E-state index contributed by atoms with van der Waals surface area (Å²) in [7, 11) is 1.53.